The van der Waals surface area contributed by atoms with Crippen molar-refractivity contribution in [3.05, 3.63) is 35.4 Å². The molecule has 1 aliphatic heterocycles. The molecule has 1 aromatic rings. The van der Waals surface area contributed by atoms with E-state index in [1.807, 2.05) is 12.1 Å². The Morgan fingerprint density at radius 3 is 2.69 bits per heavy atom. The van der Waals surface area contributed by atoms with Crippen LogP contribution in [-0.2, 0) is 16.0 Å². The van der Waals surface area contributed by atoms with Crippen molar-refractivity contribution < 1.29 is 14.7 Å². The van der Waals surface area contributed by atoms with Crippen LogP contribution in [0, 0.1) is 0 Å². The molecule has 0 aliphatic carbocycles. The van der Waals surface area contributed by atoms with Crippen molar-refractivity contribution in [1.29, 1.82) is 0 Å². The molecule has 16 heavy (non-hydrogen) atoms. The second-order valence-corrected chi connectivity index (χ2v) is 3.80. The number of carboxylic acids is 1. The first-order valence-corrected chi connectivity index (χ1v) is 4.95. The first-order chi connectivity index (χ1) is 7.59. The van der Waals surface area contributed by atoms with Crippen molar-refractivity contribution in [2.75, 3.05) is 0 Å². The van der Waals surface area contributed by atoms with Gasteiger partial charge in [0.1, 0.15) is 12.1 Å². The van der Waals surface area contributed by atoms with Crippen LogP contribution in [-0.4, -0.2) is 23.0 Å². The number of carbonyl (C=O) groups is 2. The zero-order valence-electron chi connectivity index (χ0n) is 8.51. The molecule has 0 spiro atoms. The molecule has 84 valence electrons. The molecule has 0 radical (unpaired) electrons. The number of nitrogens with two attached hydrogens (primary N) is 1. The van der Waals surface area contributed by atoms with Crippen molar-refractivity contribution >= 4 is 11.9 Å². The Morgan fingerprint density at radius 1 is 1.38 bits per heavy atom. The van der Waals surface area contributed by atoms with Crippen LogP contribution in [0.2, 0.25) is 0 Å². The third-order valence-corrected chi connectivity index (χ3v) is 2.74. The number of amides is 1. The number of aliphatic carboxylic acids is 1. The molecule has 2 unspecified atom stereocenters. The molecular weight excluding hydrogens is 208 g/mol. The normalized spacial score (nSPS) is 23.5. The number of carbonyl (C=O) groups excluding carboxylic acids is 1. The molecule has 1 heterocycles. The first-order valence-electron chi connectivity index (χ1n) is 4.95. The number of rotatable bonds is 2. The van der Waals surface area contributed by atoms with E-state index in [4.69, 9.17) is 10.8 Å². The fourth-order valence-corrected chi connectivity index (χ4v) is 1.97. The second kappa shape index (κ2) is 3.94. The van der Waals surface area contributed by atoms with E-state index >= 15 is 0 Å². The summed E-state index contributed by atoms with van der Waals surface area (Å²) in [4.78, 5) is 22.2. The van der Waals surface area contributed by atoms with Crippen LogP contribution in [0.15, 0.2) is 24.3 Å². The second-order valence-electron chi connectivity index (χ2n) is 3.80. The van der Waals surface area contributed by atoms with E-state index < -0.39 is 24.0 Å². The molecule has 5 heteroatoms. The Labute approximate surface area is 92.3 Å². The number of primary amides is 1. The van der Waals surface area contributed by atoms with Crippen LogP contribution in [0.5, 0.6) is 0 Å². The fourth-order valence-electron chi connectivity index (χ4n) is 1.97. The van der Waals surface area contributed by atoms with E-state index in [9.17, 15) is 9.59 Å². The molecule has 1 aliphatic rings. The molecule has 2 rings (SSSR count). The summed E-state index contributed by atoms with van der Waals surface area (Å²) in [6.45, 7) is 0. The van der Waals surface area contributed by atoms with Crippen molar-refractivity contribution in [2.24, 2.45) is 5.73 Å². The average Bonchev–Trinajstić information content (AvgIpc) is 2.27. The van der Waals surface area contributed by atoms with E-state index in [2.05, 4.69) is 5.32 Å². The largest absolute Gasteiger partial charge is 0.480 e. The maximum Gasteiger partial charge on any atom is 0.321 e. The predicted molar refractivity (Wildman–Crippen MR) is 56.6 cm³/mol. The Morgan fingerprint density at radius 2 is 2.06 bits per heavy atom. The topological polar surface area (TPSA) is 92.4 Å². The summed E-state index contributed by atoms with van der Waals surface area (Å²) in [5.41, 5.74) is 6.88. The summed E-state index contributed by atoms with van der Waals surface area (Å²) in [5.74, 6) is -1.53. The number of hydrogen-bond acceptors (Lipinski definition) is 3. The third kappa shape index (κ3) is 1.77. The summed E-state index contributed by atoms with van der Waals surface area (Å²) in [5, 5.41) is 11.7. The van der Waals surface area contributed by atoms with Crippen LogP contribution in [0.4, 0.5) is 0 Å². The maximum absolute atomic E-state index is 11.3. The third-order valence-electron chi connectivity index (χ3n) is 2.74. The highest BCUT2D eigenvalue weighted by Crippen LogP contribution is 2.24. The van der Waals surface area contributed by atoms with Crippen molar-refractivity contribution in [2.45, 2.75) is 18.5 Å². The Hall–Kier alpha value is -1.88. The van der Waals surface area contributed by atoms with Crippen LogP contribution in [0.1, 0.15) is 17.2 Å². The monoisotopic (exact) mass is 220 g/mol. The van der Waals surface area contributed by atoms with Crippen LogP contribution in [0.3, 0.4) is 0 Å². The van der Waals surface area contributed by atoms with Gasteiger partial charge in [-0.25, -0.2) is 0 Å². The average molecular weight is 220 g/mol. The number of nitrogens with one attached hydrogen (secondary N) is 1. The number of fused-ring (bicyclic) bond motifs is 1. The highest BCUT2D eigenvalue weighted by molar-refractivity contribution is 5.84. The van der Waals surface area contributed by atoms with Crippen LogP contribution in [0.25, 0.3) is 0 Å². The summed E-state index contributed by atoms with van der Waals surface area (Å²) < 4.78 is 0. The molecule has 0 saturated heterocycles. The maximum atomic E-state index is 11.3. The Kier molecular flexibility index (Phi) is 2.62. The predicted octanol–water partition coefficient (Wildman–Crippen LogP) is -0.188. The highest BCUT2D eigenvalue weighted by Gasteiger charge is 2.32. The molecular formula is C11H12N2O3. The van der Waals surface area contributed by atoms with E-state index in [0.717, 1.165) is 11.1 Å². The minimum atomic E-state index is -0.972. The van der Waals surface area contributed by atoms with Gasteiger partial charge in [-0.05, 0) is 17.5 Å². The molecule has 1 aromatic carbocycles. The summed E-state index contributed by atoms with van der Waals surface area (Å²) >= 11 is 0. The molecule has 4 N–H and O–H groups in total. The molecule has 2 atom stereocenters. The SMILES string of the molecule is NC(=O)C1NC(C(=O)O)Cc2ccccc21. The Bertz CT molecular complexity index is 445. The van der Waals surface area contributed by atoms with Gasteiger partial charge >= 0.3 is 5.97 Å². The minimum absolute atomic E-state index is 0.370. The number of benzene rings is 1. The molecule has 0 fully saturated rings. The number of hydrogen-bond donors (Lipinski definition) is 3. The Balaban J connectivity index is 2.41. The quantitative estimate of drug-likeness (QED) is 0.644. The van der Waals surface area contributed by atoms with Gasteiger partial charge in [-0.1, -0.05) is 24.3 Å². The van der Waals surface area contributed by atoms with Crippen LogP contribution >= 0.6 is 0 Å². The van der Waals surface area contributed by atoms with Crippen molar-refractivity contribution in [3.8, 4) is 0 Å². The number of carboxylic acid groups (broad SMARTS) is 1. The van der Waals surface area contributed by atoms with Gasteiger partial charge in [-0.2, -0.15) is 0 Å². The minimum Gasteiger partial charge on any atom is -0.480 e. The van der Waals surface area contributed by atoms with Crippen molar-refractivity contribution in [3.63, 3.8) is 0 Å². The van der Waals surface area contributed by atoms with Gasteiger partial charge in [-0.15, -0.1) is 0 Å². The smallest absolute Gasteiger partial charge is 0.321 e. The molecule has 0 bridgehead atoms. The lowest BCUT2D eigenvalue weighted by Gasteiger charge is -2.29. The zero-order valence-corrected chi connectivity index (χ0v) is 8.51. The van der Waals surface area contributed by atoms with Gasteiger partial charge in [0.05, 0.1) is 0 Å². The van der Waals surface area contributed by atoms with Gasteiger partial charge in [-0.3, -0.25) is 14.9 Å². The van der Waals surface area contributed by atoms with Gasteiger partial charge in [0, 0.05) is 0 Å². The van der Waals surface area contributed by atoms with Gasteiger partial charge in [0.2, 0.25) is 5.91 Å². The van der Waals surface area contributed by atoms with Crippen LogP contribution < -0.4 is 11.1 Å². The standard InChI is InChI=1S/C11H12N2O3/c12-10(14)9-7-4-2-1-3-6(7)5-8(13-9)11(15)16/h1-4,8-9,13H,5H2,(H2,12,14)(H,15,16). The summed E-state index contributed by atoms with van der Waals surface area (Å²) in [6.07, 6.45) is 0.370. The van der Waals surface area contributed by atoms with E-state index in [1.54, 1.807) is 12.1 Å². The van der Waals surface area contributed by atoms with Crippen molar-refractivity contribution in [1.82, 2.24) is 5.32 Å². The lowest BCUT2D eigenvalue weighted by molar-refractivity contribution is -0.140. The molecule has 1 amide bonds. The first kappa shape index (κ1) is 10.6. The lowest BCUT2D eigenvalue weighted by atomic mass is 9.90. The molecule has 0 saturated carbocycles. The van der Waals surface area contributed by atoms with Gasteiger partial charge in [0.25, 0.3) is 0 Å². The molecule has 5 nitrogen and oxygen atoms in total. The zero-order chi connectivity index (χ0) is 11.7. The highest BCUT2D eigenvalue weighted by atomic mass is 16.4. The van der Waals surface area contributed by atoms with E-state index in [0.29, 0.717) is 6.42 Å². The lowest BCUT2D eigenvalue weighted by Crippen LogP contribution is -2.48. The molecule has 0 aromatic heterocycles. The fraction of sp³-hybridized carbons (Fsp3) is 0.273. The van der Waals surface area contributed by atoms with Gasteiger partial charge < -0.3 is 10.8 Å². The van der Waals surface area contributed by atoms with E-state index in [-0.39, 0.29) is 0 Å². The van der Waals surface area contributed by atoms with E-state index in [1.165, 1.54) is 0 Å². The van der Waals surface area contributed by atoms with Gasteiger partial charge in [0.15, 0.2) is 0 Å². The summed E-state index contributed by atoms with van der Waals surface area (Å²) in [7, 11) is 0. The summed E-state index contributed by atoms with van der Waals surface area (Å²) in [6, 6.07) is 5.76.